The predicted molar refractivity (Wildman–Crippen MR) is 88.5 cm³/mol. The molecule has 0 saturated carbocycles. The second kappa shape index (κ2) is 6.54. The maximum Gasteiger partial charge on any atom is 0.349 e. The van der Waals surface area contributed by atoms with E-state index in [1.807, 2.05) is 24.4 Å². The molecular formula is C18H18N2O3. The highest BCUT2D eigenvalue weighted by atomic mass is 16.5. The van der Waals surface area contributed by atoms with Crippen molar-refractivity contribution in [3.05, 3.63) is 65.9 Å². The number of aromatic nitrogens is 1. The number of nitrogens with two attached hydrogens (primary N) is 1. The third-order valence-corrected chi connectivity index (χ3v) is 3.73. The molecule has 3 aromatic rings. The van der Waals surface area contributed by atoms with Crippen LogP contribution in [-0.4, -0.2) is 22.6 Å². The quantitative estimate of drug-likeness (QED) is 0.653. The number of aliphatic carboxylic acids is 1. The lowest BCUT2D eigenvalue weighted by atomic mass is 10.1. The van der Waals surface area contributed by atoms with Crippen LogP contribution in [0.5, 0.6) is 5.75 Å². The highest BCUT2D eigenvalue weighted by molar-refractivity contribution is 5.85. The normalized spacial score (nSPS) is 12.2. The van der Waals surface area contributed by atoms with Crippen molar-refractivity contribution in [1.82, 2.24) is 4.98 Å². The van der Waals surface area contributed by atoms with Gasteiger partial charge in [0.25, 0.3) is 0 Å². The zero-order valence-corrected chi connectivity index (χ0v) is 12.5. The summed E-state index contributed by atoms with van der Waals surface area (Å²) < 4.78 is 5.73. The van der Waals surface area contributed by atoms with Gasteiger partial charge in [-0.25, -0.2) is 4.79 Å². The number of fused-ring (bicyclic) bond motifs is 1. The van der Waals surface area contributed by atoms with Crippen LogP contribution in [0.4, 0.5) is 0 Å². The van der Waals surface area contributed by atoms with Crippen molar-refractivity contribution in [2.24, 2.45) is 5.73 Å². The van der Waals surface area contributed by atoms with Gasteiger partial charge >= 0.3 is 5.97 Å². The number of carboxylic acid groups (broad SMARTS) is 1. The Hall–Kier alpha value is -2.79. The molecule has 1 heterocycles. The topological polar surface area (TPSA) is 88.3 Å². The van der Waals surface area contributed by atoms with Crippen molar-refractivity contribution in [2.75, 3.05) is 6.54 Å². The summed E-state index contributed by atoms with van der Waals surface area (Å²) in [6.07, 6.45) is 1.64. The summed E-state index contributed by atoms with van der Waals surface area (Å²) in [6.45, 7) is 0.555. The molecule has 0 spiro atoms. The molecule has 23 heavy (non-hydrogen) atoms. The fourth-order valence-corrected chi connectivity index (χ4v) is 2.62. The Kier molecular flexibility index (Phi) is 4.30. The number of carboxylic acids is 1. The lowest BCUT2D eigenvalue weighted by Crippen LogP contribution is -2.18. The second-order valence-corrected chi connectivity index (χ2v) is 5.31. The number of H-pyrrole nitrogens is 1. The summed E-state index contributed by atoms with van der Waals surface area (Å²) in [7, 11) is 0. The fourth-order valence-electron chi connectivity index (χ4n) is 2.62. The van der Waals surface area contributed by atoms with Crippen LogP contribution in [0.2, 0.25) is 0 Å². The zero-order valence-electron chi connectivity index (χ0n) is 12.5. The maximum atomic E-state index is 11.5. The van der Waals surface area contributed by atoms with Gasteiger partial charge in [-0.2, -0.15) is 0 Å². The smallest absolute Gasteiger partial charge is 0.349 e. The summed E-state index contributed by atoms with van der Waals surface area (Å²) in [5, 5.41) is 10.5. The Morgan fingerprint density at radius 2 is 2.00 bits per heavy atom. The highest BCUT2D eigenvalue weighted by Crippen LogP contribution is 2.28. The molecule has 1 unspecified atom stereocenters. The van der Waals surface area contributed by atoms with E-state index in [0.717, 1.165) is 22.9 Å². The summed E-state index contributed by atoms with van der Waals surface area (Å²) in [4.78, 5) is 14.7. The largest absolute Gasteiger partial charge is 0.478 e. The molecular weight excluding hydrogens is 292 g/mol. The SMILES string of the molecule is NCCc1c[nH]c2ccc(OC(C(=O)O)c3ccccc3)cc12. The van der Waals surface area contributed by atoms with Crippen molar-refractivity contribution in [2.45, 2.75) is 12.5 Å². The Morgan fingerprint density at radius 3 is 2.70 bits per heavy atom. The minimum absolute atomic E-state index is 0.520. The summed E-state index contributed by atoms with van der Waals surface area (Å²) in [6, 6.07) is 14.4. The van der Waals surface area contributed by atoms with E-state index in [2.05, 4.69) is 4.98 Å². The number of hydrogen-bond acceptors (Lipinski definition) is 3. The molecule has 0 aliphatic rings. The standard InChI is InChI=1S/C18H18N2O3/c19-9-8-13-11-20-16-7-6-14(10-15(13)16)23-17(18(21)22)12-4-2-1-3-5-12/h1-7,10-11,17,20H,8-9,19H2,(H,21,22). The molecule has 0 saturated heterocycles. The monoisotopic (exact) mass is 310 g/mol. The van der Waals surface area contributed by atoms with Gasteiger partial charge in [0.15, 0.2) is 0 Å². The van der Waals surface area contributed by atoms with Gasteiger partial charge in [-0.3, -0.25) is 0 Å². The van der Waals surface area contributed by atoms with E-state index >= 15 is 0 Å². The van der Waals surface area contributed by atoms with Crippen LogP contribution in [-0.2, 0) is 11.2 Å². The van der Waals surface area contributed by atoms with E-state index in [1.165, 1.54) is 0 Å². The first kappa shape index (κ1) is 15.1. The minimum atomic E-state index is -1.04. The van der Waals surface area contributed by atoms with Crippen molar-refractivity contribution in [1.29, 1.82) is 0 Å². The first-order valence-corrected chi connectivity index (χ1v) is 7.43. The van der Waals surface area contributed by atoms with Gasteiger partial charge in [0, 0.05) is 22.7 Å². The fraction of sp³-hybridized carbons (Fsp3) is 0.167. The highest BCUT2D eigenvalue weighted by Gasteiger charge is 2.21. The minimum Gasteiger partial charge on any atom is -0.478 e. The van der Waals surface area contributed by atoms with Crippen LogP contribution in [0.1, 0.15) is 17.2 Å². The molecule has 0 fully saturated rings. The molecule has 5 nitrogen and oxygen atoms in total. The number of hydrogen-bond donors (Lipinski definition) is 3. The lowest BCUT2D eigenvalue weighted by Gasteiger charge is -2.15. The van der Waals surface area contributed by atoms with E-state index in [9.17, 15) is 9.90 Å². The number of carbonyl (C=O) groups is 1. The van der Waals surface area contributed by atoms with Gasteiger partial charge in [0.1, 0.15) is 5.75 Å². The number of aromatic amines is 1. The van der Waals surface area contributed by atoms with Crippen LogP contribution >= 0.6 is 0 Å². The summed E-state index contributed by atoms with van der Waals surface area (Å²) in [5.41, 5.74) is 8.31. The Bertz CT molecular complexity index is 812. The summed E-state index contributed by atoms with van der Waals surface area (Å²) in [5.74, 6) is -0.501. The molecule has 2 aromatic carbocycles. The van der Waals surface area contributed by atoms with Crippen LogP contribution < -0.4 is 10.5 Å². The first-order valence-electron chi connectivity index (χ1n) is 7.43. The van der Waals surface area contributed by atoms with Crippen molar-refractivity contribution < 1.29 is 14.6 Å². The Morgan fingerprint density at radius 1 is 1.22 bits per heavy atom. The van der Waals surface area contributed by atoms with Gasteiger partial charge in [-0.1, -0.05) is 30.3 Å². The molecule has 5 heteroatoms. The Labute approximate surface area is 133 Å². The third-order valence-electron chi connectivity index (χ3n) is 3.73. The number of nitrogens with one attached hydrogen (secondary N) is 1. The van der Waals surface area contributed by atoms with Gasteiger partial charge in [0.2, 0.25) is 6.10 Å². The van der Waals surface area contributed by atoms with E-state index < -0.39 is 12.1 Å². The van der Waals surface area contributed by atoms with Crippen LogP contribution in [0.25, 0.3) is 10.9 Å². The molecule has 1 atom stereocenters. The van der Waals surface area contributed by atoms with E-state index in [0.29, 0.717) is 17.9 Å². The van der Waals surface area contributed by atoms with Crippen molar-refractivity contribution in [3.8, 4) is 5.75 Å². The average molecular weight is 310 g/mol. The van der Waals surface area contributed by atoms with Crippen molar-refractivity contribution in [3.63, 3.8) is 0 Å². The van der Waals surface area contributed by atoms with Gasteiger partial charge in [-0.05, 0) is 36.7 Å². The van der Waals surface area contributed by atoms with E-state index in [-0.39, 0.29) is 0 Å². The molecule has 4 N–H and O–H groups in total. The van der Waals surface area contributed by atoms with Crippen LogP contribution in [0.3, 0.4) is 0 Å². The van der Waals surface area contributed by atoms with Crippen molar-refractivity contribution >= 4 is 16.9 Å². The molecule has 0 aliphatic heterocycles. The predicted octanol–water partition coefficient (Wildman–Crippen LogP) is 2.87. The first-order chi connectivity index (χ1) is 11.2. The van der Waals surface area contributed by atoms with Crippen LogP contribution in [0.15, 0.2) is 54.7 Å². The molecule has 0 amide bonds. The summed E-state index contributed by atoms with van der Waals surface area (Å²) >= 11 is 0. The zero-order chi connectivity index (χ0) is 16.2. The van der Waals surface area contributed by atoms with E-state index in [4.69, 9.17) is 10.5 Å². The van der Waals surface area contributed by atoms with Gasteiger partial charge in [-0.15, -0.1) is 0 Å². The maximum absolute atomic E-state index is 11.5. The third kappa shape index (κ3) is 3.19. The van der Waals surface area contributed by atoms with Gasteiger partial charge in [0.05, 0.1) is 0 Å². The van der Waals surface area contributed by atoms with E-state index in [1.54, 1.807) is 30.3 Å². The molecule has 0 aliphatic carbocycles. The second-order valence-electron chi connectivity index (χ2n) is 5.31. The number of benzene rings is 2. The molecule has 3 rings (SSSR count). The van der Waals surface area contributed by atoms with Gasteiger partial charge < -0.3 is 20.6 Å². The molecule has 0 bridgehead atoms. The van der Waals surface area contributed by atoms with Crippen LogP contribution in [0, 0.1) is 0 Å². The molecule has 118 valence electrons. The number of ether oxygens (including phenoxy) is 1. The number of rotatable bonds is 6. The molecule has 1 aromatic heterocycles. The molecule has 0 radical (unpaired) electrons. The average Bonchev–Trinajstić information content (AvgIpc) is 2.96. The Balaban J connectivity index is 1.92. The lowest BCUT2D eigenvalue weighted by molar-refractivity contribution is -0.145.